The number of benzene rings is 3. The number of hydrogen-bond acceptors (Lipinski definition) is 9. The number of ether oxygens (including phenoxy) is 3. The molecule has 0 saturated carbocycles. The van der Waals surface area contributed by atoms with Crippen molar-refractivity contribution in [3.63, 3.8) is 0 Å². The zero-order valence-electron chi connectivity index (χ0n) is 26.8. The number of methoxy groups -OCH3 is 1. The molecular formula is C35H39N5O6S. The number of allylic oxidation sites excluding steroid dienone is 1. The van der Waals surface area contributed by atoms with Gasteiger partial charge < -0.3 is 24.8 Å². The number of aromatic nitrogens is 2. The van der Waals surface area contributed by atoms with Crippen LogP contribution in [0.3, 0.4) is 0 Å². The Morgan fingerprint density at radius 1 is 0.957 bits per heavy atom. The quantitative estimate of drug-likeness (QED) is 0.221. The van der Waals surface area contributed by atoms with E-state index in [9.17, 15) is 13.2 Å². The zero-order chi connectivity index (χ0) is 33.4. The lowest BCUT2D eigenvalue weighted by atomic mass is 10.0. The third-order valence-corrected chi connectivity index (χ3v) is 8.47. The van der Waals surface area contributed by atoms with Crippen molar-refractivity contribution in [3.8, 4) is 28.9 Å². The summed E-state index contributed by atoms with van der Waals surface area (Å²) in [5.41, 5.74) is 3.05. The molecule has 0 saturated heterocycles. The molecule has 2 heterocycles. The van der Waals surface area contributed by atoms with Gasteiger partial charge in [-0.2, -0.15) is 9.97 Å². The summed E-state index contributed by atoms with van der Waals surface area (Å²) < 4.78 is 45.7. The van der Waals surface area contributed by atoms with Crippen LogP contribution in [0.25, 0.3) is 17.5 Å². The first-order valence-electron chi connectivity index (χ1n) is 15.2. The van der Waals surface area contributed by atoms with Crippen LogP contribution < -0.4 is 24.8 Å². The van der Waals surface area contributed by atoms with Crippen LogP contribution in [-0.4, -0.2) is 49.5 Å². The maximum Gasteiger partial charge on any atom is 0.408 e. The highest BCUT2D eigenvalue weighted by Crippen LogP contribution is 2.32. The van der Waals surface area contributed by atoms with E-state index in [0.29, 0.717) is 23.0 Å². The number of nitrogens with one attached hydrogen (secondary N) is 3. The van der Waals surface area contributed by atoms with Crippen molar-refractivity contribution >= 4 is 27.9 Å². The van der Waals surface area contributed by atoms with Gasteiger partial charge in [-0.25, -0.2) is 17.9 Å². The second-order valence-corrected chi connectivity index (χ2v) is 13.8. The van der Waals surface area contributed by atoms with Crippen molar-refractivity contribution in [2.75, 3.05) is 24.7 Å². The minimum atomic E-state index is -3.56. The maximum absolute atomic E-state index is 13.0. The Labute approximate surface area is 275 Å². The summed E-state index contributed by atoms with van der Waals surface area (Å²) in [6.45, 7) is 5.82. The molecule has 1 aromatic heterocycles. The zero-order valence-corrected chi connectivity index (χ0v) is 27.6. The van der Waals surface area contributed by atoms with Crippen molar-refractivity contribution in [1.29, 1.82) is 0 Å². The van der Waals surface area contributed by atoms with E-state index in [1.54, 1.807) is 45.1 Å². The Hall–Kier alpha value is -4.94. The number of para-hydroxylation sites is 1. The van der Waals surface area contributed by atoms with E-state index in [0.717, 1.165) is 22.4 Å². The highest BCUT2D eigenvalue weighted by Gasteiger charge is 2.22. The summed E-state index contributed by atoms with van der Waals surface area (Å²) in [6.07, 6.45) is 3.28. The Balaban J connectivity index is 1.54. The SMILES string of the molecule is COc1cc(Oc2ccc3cc2/C=C/CCS(=O)(=O)NCc2ccccc2NC[C@H]3NC(=O)OC(C)(C)C)nc(-c2ccccc2)n1. The fraction of sp³-hybridized carbons (Fsp3) is 0.286. The van der Waals surface area contributed by atoms with Crippen LogP contribution in [0.15, 0.2) is 84.9 Å². The average molecular weight is 658 g/mol. The molecule has 4 aromatic rings. The van der Waals surface area contributed by atoms with Gasteiger partial charge in [0.2, 0.25) is 21.8 Å². The summed E-state index contributed by atoms with van der Waals surface area (Å²) in [5.74, 6) is 1.40. The summed E-state index contributed by atoms with van der Waals surface area (Å²) in [6, 6.07) is 23.5. The molecule has 1 aliphatic heterocycles. The average Bonchev–Trinajstić information content (AvgIpc) is 3.04. The highest BCUT2D eigenvalue weighted by atomic mass is 32.2. The Kier molecular flexibility index (Phi) is 10.4. The number of amides is 1. The van der Waals surface area contributed by atoms with E-state index >= 15 is 0 Å². The van der Waals surface area contributed by atoms with Gasteiger partial charge in [0.25, 0.3) is 0 Å². The summed E-state index contributed by atoms with van der Waals surface area (Å²) in [7, 11) is -2.04. The Morgan fingerprint density at radius 2 is 1.70 bits per heavy atom. The molecule has 0 fully saturated rings. The molecule has 47 heavy (non-hydrogen) atoms. The first-order chi connectivity index (χ1) is 22.5. The maximum atomic E-state index is 13.0. The summed E-state index contributed by atoms with van der Waals surface area (Å²) in [5, 5.41) is 6.38. The van der Waals surface area contributed by atoms with Gasteiger partial charge in [0.1, 0.15) is 11.4 Å². The van der Waals surface area contributed by atoms with Gasteiger partial charge >= 0.3 is 6.09 Å². The van der Waals surface area contributed by atoms with Gasteiger partial charge in [-0.05, 0) is 56.5 Å². The van der Waals surface area contributed by atoms with Gasteiger partial charge in [-0.3, -0.25) is 0 Å². The number of carbonyl (C=O) groups is 1. The van der Waals surface area contributed by atoms with E-state index in [2.05, 4.69) is 25.3 Å². The van der Waals surface area contributed by atoms with Crippen LogP contribution >= 0.6 is 0 Å². The lowest BCUT2D eigenvalue weighted by Crippen LogP contribution is -2.37. The minimum absolute atomic E-state index is 0.0959. The summed E-state index contributed by atoms with van der Waals surface area (Å²) in [4.78, 5) is 22.1. The molecule has 1 aliphatic rings. The molecule has 0 unspecified atom stereocenters. The molecule has 12 heteroatoms. The molecule has 2 bridgehead atoms. The third kappa shape index (κ3) is 9.53. The fourth-order valence-electron chi connectivity index (χ4n) is 4.85. The summed E-state index contributed by atoms with van der Waals surface area (Å²) >= 11 is 0. The van der Waals surface area contributed by atoms with Crippen LogP contribution in [0, 0.1) is 0 Å². The molecule has 5 rings (SSSR count). The molecule has 11 nitrogen and oxygen atoms in total. The minimum Gasteiger partial charge on any atom is -0.481 e. The monoisotopic (exact) mass is 657 g/mol. The third-order valence-electron chi connectivity index (χ3n) is 7.11. The van der Waals surface area contributed by atoms with E-state index in [-0.39, 0.29) is 31.1 Å². The van der Waals surface area contributed by atoms with E-state index in [1.807, 2.05) is 66.7 Å². The van der Waals surface area contributed by atoms with Crippen molar-refractivity contribution in [3.05, 3.63) is 102 Å². The van der Waals surface area contributed by atoms with Gasteiger partial charge in [0, 0.05) is 29.9 Å². The van der Waals surface area contributed by atoms with Crippen LogP contribution in [0.2, 0.25) is 0 Å². The first-order valence-corrected chi connectivity index (χ1v) is 16.9. The van der Waals surface area contributed by atoms with Crippen LogP contribution in [0.5, 0.6) is 17.5 Å². The predicted octanol–water partition coefficient (Wildman–Crippen LogP) is 6.46. The van der Waals surface area contributed by atoms with Crippen molar-refractivity contribution in [1.82, 2.24) is 20.0 Å². The number of sulfonamides is 1. The normalized spacial score (nSPS) is 17.1. The van der Waals surface area contributed by atoms with Gasteiger partial charge in [-0.1, -0.05) is 66.7 Å². The first kappa shape index (κ1) is 33.4. The molecule has 0 spiro atoms. The fourth-order valence-corrected chi connectivity index (χ4v) is 5.82. The number of carbonyl (C=O) groups excluding carboxylic acids is 1. The second-order valence-electron chi connectivity index (χ2n) is 11.9. The highest BCUT2D eigenvalue weighted by molar-refractivity contribution is 7.89. The van der Waals surface area contributed by atoms with Gasteiger partial charge in [-0.15, -0.1) is 0 Å². The molecule has 0 radical (unpaired) electrons. The molecule has 3 N–H and O–H groups in total. The molecule has 3 aromatic carbocycles. The number of fused-ring (bicyclic) bond motifs is 3. The number of anilines is 1. The number of rotatable bonds is 5. The van der Waals surface area contributed by atoms with E-state index in [4.69, 9.17) is 14.2 Å². The standard InChI is InChI=1S/C35H39N5O6S/c1-35(2,3)46-34(41)38-29-23-36-28-16-9-8-15-27(28)22-37-47(42,43)19-11-10-14-26-20-25(29)17-18-30(26)45-32-21-31(44-4)39-33(40-32)24-12-6-5-7-13-24/h5-10,12-18,20-21,29,36-37H,11,19,22-23H2,1-4H3,(H,38,41)/b14-10+/t29-/m1/s1. The van der Waals surface area contributed by atoms with Crippen LogP contribution in [0.4, 0.5) is 10.5 Å². The van der Waals surface area contributed by atoms with Crippen molar-refractivity contribution < 1.29 is 27.4 Å². The van der Waals surface area contributed by atoms with Gasteiger partial charge in [0.05, 0.1) is 25.0 Å². The lowest BCUT2D eigenvalue weighted by molar-refractivity contribution is 0.0506. The molecule has 246 valence electrons. The number of hydrogen-bond donors (Lipinski definition) is 3. The molecular weight excluding hydrogens is 618 g/mol. The largest absolute Gasteiger partial charge is 0.481 e. The lowest BCUT2D eigenvalue weighted by Gasteiger charge is -2.25. The topological polar surface area (TPSA) is 141 Å². The molecule has 0 aliphatic carbocycles. The molecule has 1 amide bonds. The Morgan fingerprint density at radius 3 is 2.47 bits per heavy atom. The molecule has 1 atom stereocenters. The van der Waals surface area contributed by atoms with Crippen molar-refractivity contribution in [2.24, 2.45) is 0 Å². The second kappa shape index (κ2) is 14.7. The van der Waals surface area contributed by atoms with Crippen LogP contribution in [0.1, 0.15) is 49.9 Å². The predicted molar refractivity (Wildman–Crippen MR) is 182 cm³/mol. The van der Waals surface area contributed by atoms with E-state index in [1.165, 1.54) is 7.11 Å². The smallest absolute Gasteiger partial charge is 0.408 e. The van der Waals surface area contributed by atoms with Gasteiger partial charge in [0.15, 0.2) is 5.82 Å². The van der Waals surface area contributed by atoms with Crippen LogP contribution in [-0.2, 0) is 21.3 Å². The number of alkyl carbamates (subject to hydrolysis) is 1. The Bertz CT molecular complexity index is 1840. The number of nitrogens with zero attached hydrogens (tertiary/aromatic N) is 2. The van der Waals surface area contributed by atoms with E-state index < -0.39 is 27.8 Å². The van der Waals surface area contributed by atoms with Crippen molar-refractivity contribution in [2.45, 2.75) is 45.4 Å².